The number of rotatable bonds is 2. The third-order valence-electron chi connectivity index (χ3n) is 5.43. The van der Waals surface area contributed by atoms with E-state index >= 15 is 0 Å². The minimum absolute atomic E-state index is 0.221. The van der Waals surface area contributed by atoms with Gasteiger partial charge in [-0.15, -0.1) is 0 Å². The van der Waals surface area contributed by atoms with Gasteiger partial charge in [0.1, 0.15) is 0 Å². The molecule has 3 N–H and O–H groups in total. The van der Waals surface area contributed by atoms with Crippen LogP contribution < -0.4 is 10.6 Å². The van der Waals surface area contributed by atoms with Crippen LogP contribution >= 0.6 is 0 Å². The van der Waals surface area contributed by atoms with E-state index in [1.165, 1.54) is 30.3 Å². The van der Waals surface area contributed by atoms with Gasteiger partial charge in [0.15, 0.2) is 0 Å². The number of benzene rings is 2. The van der Waals surface area contributed by atoms with E-state index in [-0.39, 0.29) is 5.56 Å². The summed E-state index contributed by atoms with van der Waals surface area (Å²) >= 11 is 0. The fourth-order valence-electron chi connectivity index (χ4n) is 3.87. The predicted molar refractivity (Wildman–Crippen MR) is 121 cm³/mol. The zero-order valence-corrected chi connectivity index (χ0v) is 16.9. The fraction of sp³-hybridized carbons (Fsp3) is 0.208. The second-order valence-corrected chi connectivity index (χ2v) is 7.43. The lowest BCUT2D eigenvalue weighted by atomic mass is 10.1. The molecule has 2 aromatic heterocycles. The molecule has 1 saturated heterocycles. The summed E-state index contributed by atoms with van der Waals surface area (Å²) < 4.78 is 0. The Morgan fingerprint density at radius 3 is 2.60 bits per heavy atom. The molecule has 6 heteroatoms. The molecule has 2 aromatic carbocycles. The highest BCUT2D eigenvalue weighted by Gasteiger charge is 2.17. The van der Waals surface area contributed by atoms with Crippen molar-refractivity contribution in [3.8, 4) is 0 Å². The van der Waals surface area contributed by atoms with Crippen molar-refractivity contribution in [3.63, 3.8) is 0 Å². The lowest BCUT2D eigenvalue weighted by Crippen LogP contribution is -2.19. The Balaban J connectivity index is 0.000000151. The second kappa shape index (κ2) is 8.37. The number of nitrogen functional groups attached to an aromatic ring is 1. The first-order valence-corrected chi connectivity index (χ1v) is 10.0. The number of carbonyl (C=O) groups is 1. The number of anilines is 2. The van der Waals surface area contributed by atoms with Crippen molar-refractivity contribution in [3.05, 3.63) is 72.1 Å². The maximum absolute atomic E-state index is 10.6. The average molecular weight is 400 g/mol. The SMILES string of the molecule is Cc1c(N2CCCC2)cc(N)c2cccnc12.O=C(O)c1cnc2ccccc2c1. The largest absolute Gasteiger partial charge is 0.478 e. The van der Waals surface area contributed by atoms with E-state index in [1.807, 2.05) is 42.6 Å². The van der Waals surface area contributed by atoms with Gasteiger partial charge in [-0.2, -0.15) is 0 Å². The maximum Gasteiger partial charge on any atom is 0.337 e. The smallest absolute Gasteiger partial charge is 0.337 e. The predicted octanol–water partition coefficient (Wildman–Crippen LogP) is 4.66. The molecule has 4 aromatic rings. The number of nitrogens with zero attached hydrogens (tertiary/aromatic N) is 3. The second-order valence-electron chi connectivity index (χ2n) is 7.43. The molecule has 1 aliphatic heterocycles. The van der Waals surface area contributed by atoms with Crippen LogP contribution in [0.4, 0.5) is 11.4 Å². The van der Waals surface area contributed by atoms with Crippen molar-refractivity contribution in [1.29, 1.82) is 0 Å². The number of aromatic carboxylic acids is 1. The molecule has 0 unspecified atom stereocenters. The van der Waals surface area contributed by atoms with Gasteiger partial charge in [-0.1, -0.05) is 18.2 Å². The quantitative estimate of drug-likeness (QED) is 0.476. The van der Waals surface area contributed by atoms with E-state index in [2.05, 4.69) is 27.9 Å². The molecule has 0 aliphatic carbocycles. The summed E-state index contributed by atoms with van der Waals surface area (Å²) in [6, 6.07) is 15.1. The Kier molecular flexibility index (Phi) is 5.48. The summed E-state index contributed by atoms with van der Waals surface area (Å²) in [6.45, 7) is 4.42. The molecule has 6 nitrogen and oxygen atoms in total. The molecule has 152 valence electrons. The van der Waals surface area contributed by atoms with Gasteiger partial charge in [0.25, 0.3) is 0 Å². The first-order valence-electron chi connectivity index (χ1n) is 10.0. The number of nitrogens with two attached hydrogens (primary N) is 1. The van der Waals surface area contributed by atoms with Crippen LogP contribution in [0.1, 0.15) is 28.8 Å². The summed E-state index contributed by atoms with van der Waals surface area (Å²) in [6.07, 6.45) is 5.76. The molecule has 3 heterocycles. The van der Waals surface area contributed by atoms with Crippen LogP contribution in [0, 0.1) is 6.92 Å². The number of para-hydroxylation sites is 1. The topological polar surface area (TPSA) is 92.3 Å². The van der Waals surface area contributed by atoms with E-state index < -0.39 is 5.97 Å². The van der Waals surface area contributed by atoms with Crippen molar-refractivity contribution in [1.82, 2.24) is 9.97 Å². The molecule has 0 atom stereocenters. The number of fused-ring (bicyclic) bond motifs is 2. The van der Waals surface area contributed by atoms with Crippen molar-refractivity contribution in [2.75, 3.05) is 23.7 Å². The molecule has 30 heavy (non-hydrogen) atoms. The monoisotopic (exact) mass is 400 g/mol. The first kappa shape index (κ1) is 19.6. The summed E-state index contributed by atoms with van der Waals surface area (Å²) in [5, 5.41) is 10.6. The highest BCUT2D eigenvalue weighted by Crippen LogP contribution is 2.33. The van der Waals surface area contributed by atoms with Gasteiger partial charge < -0.3 is 15.7 Å². The highest BCUT2D eigenvalue weighted by atomic mass is 16.4. The fourth-order valence-corrected chi connectivity index (χ4v) is 3.87. The molecule has 0 radical (unpaired) electrons. The Labute approximate surface area is 175 Å². The number of hydrogen-bond acceptors (Lipinski definition) is 5. The van der Waals surface area contributed by atoms with Gasteiger partial charge in [-0.25, -0.2) is 4.79 Å². The Hall–Kier alpha value is -3.67. The van der Waals surface area contributed by atoms with Crippen LogP contribution in [-0.2, 0) is 0 Å². The first-order chi connectivity index (χ1) is 14.5. The summed E-state index contributed by atoms with van der Waals surface area (Å²) in [5.41, 5.74) is 11.5. The lowest BCUT2D eigenvalue weighted by Gasteiger charge is -2.21. The van der Waals surface area contributed by atoms with Gasteiger partial charge in [-0.05, 0) is 55.7 Å². The van der Waals surface area contributed by atoms with E-state index in [0.29, 0.717) is 0 Å². The Morgan fingerprint density at radius 2 is 1.83 bits per heavy atom. The third kappa shape index (κ3) is 3.89. The highest BCUT2D eigenvalue weighted by molar-refractivity contribution is 5.96. The van der Waals surface area contributed by atoms with E-state index in [4.69, 9.17) is 10.8 Å². The van der Waals surface area contributed by atoms with E-state index in [1.54, 1.807) is 6.07 Å². The normalized spacial score (nSPS) is 13.3. The van der Waals surface area contributed by atoms with E-state index in [9.17, 15) is 4.79 Å². The Morgan fingerprint density at radius 1 is 1.07 bits per heavy atom. The summed E-state index contributed by atoms with van der Waals surface area (Å²) in [7, 11) is 0. The van der Waals surface area contributed by atoms with Crippen LogP contribution in [0.25, 0.3) is 21.8 Å². The zero-order valence-electron chi connectivity index (χ0n) is 16.9. The van der Waals surface area contributed by atoms with Crippen LogP contribution in [0.5, 0.6) is 0 Å². The van der Waals surface area contributed by atoms with Crippen molar-refractivity contribution >= 4 is 39.1 Å². The maximum atomic E-state index is 10.6. The molecule has 0 spiro atoms. The van der Waals surface area contributed by atoms with Crippen molar-refractivity contribution in [2.45, 2.75) is 19.8 Å². The van der Waals surface area contributed by atoms with Gasteiger partial charge >= 0.3 is 5.97 Å². The van der Waals surface area contributed by atoms with Gasteiger partial charge in [0.05, 0.1) is 16.6 Å². The van der Waals surface area contributed by atoms with Crippen LogP contribution in [0.3, 0.4) is 0 Å². The number of carboxylic acids is 1. The molecule has 5 rings (SSSR count). The van der Waals surface area contributed by atoms with Gasteiger partial charge in [0.2, 0.25) is 0 Å². The number of carboxylic acid groups (broad SMARTS) is 1. The number of aryl methyl sites for hydroxylation is 1. The molecule has 1 aliphatic rings. The van der Waals surface area contributed by atoms with Gasteiger partial charge in [-0.3, -0.25) is 9.97 Å². The van der Waals surface area contributed by atoms with E-state index in [0.717, 1.165) is 40.6 Å². The average Bonchev–Trinajstić information content (AvgIpc) is 3.31. The molecule has 0 amide bonds. The third-order valence-corrected chi connectivity index (χ3v) is 5.43. The van der Waals surface area contributed by atoms with Gasteiger partial charge in [0, 0.05) is 47.6 Å². The molecule has 0 saturated carbocycles. The minimum atomic E-state index is -0.946. The van der Waals surface area contributed by atoms with Crippen LogP contribution in [0.15, 0.2) is 60.9 Å². The molecule has 1 fully saturated rings. The number of pyridine rings is 2. The van der Waals surface area contributed by atoms with Crippen molar-refractivity contribution < 1.29 is 9.90 Å². The zero-order chi connectivity index (χ0) is 21.1. The number of hydrogen-bond donors (Lipinski definition) is 2. The summed E-state index contributed by atoms with van der Waals surface area (Å²) in [4.78, 5) is 21.5. The van der Waals surface area contributed by atoms with Crippen LogP contribution in [-0.4, -0.2) is 34.1 Å². The minimum Gasteiger partial charge on any atom is -0.478 e. The number of aromatic nitrogens is 2. The van der Waals surface area contributed by atoms with Crippen LogP contribution in [0.2, 0.25) is 0 Å². The summed E-state index contributed by atoms with van der Waals surface area (Å²) in [5.74, 6) is -0.946. The lowest BCUT2D eigenvalue weighted by molar-refractivity contribution is 0.0696. The van der Waals surface area contributed by atoms with Crippen molar-refractivity contribution in [2.24, 2.45) is 0 Å². The Bertz CT molecular complexity index is 1220. The molecular formula is C24H24N4O2. The standard InChI is InChI=1S/C14H17N3.C10H7NO2/c1-10-13(17-7-2-3-8-17)9-12(15)11-5-4-6-16-14(10)11;12-10(13)8-5-7-3-1-2-4-9(7)11-6-8/h4-6,9H,2-3,7-8,15H2,1H3;1-6H,(H,12,13). The molecular weight excluding hydrogens is 376 g/mol. The molecule has 0 bridgehead atoms.